The Kier molecular flexibility index (Phi) is 8.89. The number of piperazine rings is 1. The zero-order chi connectivity index (χ0) is 15.1. The third-order valence-corrected chi connectivity index (χ3v) is 4.08. The second-order valence-corrected chi connectivity index (χ2v) is 5.58. The van der Waals surface area contributed by atoms with Crippen LogP contribution in [0.25, 0.3) is 0 Å². The number of nitrogens with zero attached hydrogens (tertiary/aromatic N) is 3. The number of aliphatic imine (C=N–C) groups is 1. The number of nitrogens with two attached hydrogens (primary N) is 1. The molecule has 1 heterocycles. The molecule has 0 saturated carbocycles. The lowest BCUT2D eigenvalue weighted by molar-refractivity contribution is 0.255. The van der Waals surface area contributed by atoms with Gasteiger partial charge >= 0.3 is 0 Å². The van der Waals surface area contributed by atoms with E-state index in [0.29, 0.717) is 5.96 Å². The lowest BCUT2D eigenvalue weighted by Crippen LogP contribution is -2.47. The van der Waals surface area contributed by atoms with Crippen molar-refractivity contribution >= 4 is 47.2 Å². The maximum absolute atomic E-state index is 6.25. The Hall–Kier alpha value is -0.730. The Bertz CT molecular complexity index is 475. The number of guanidine groups is 1. The van der Waals surface area contributed by atoms with Crippen LogP contribution in [0, 0.1) is 0 Å². The third kappa shape index (κ3) is 5.81. The highest BCUT2D eigenvalue weighted by Gasteiger charge is 2.18. The Morgan fingerprint density at radius 1 is 1.27 bits per heavy atom. The summed E-state index contributed by atoms with van der Waals surface area (Å²) in [5, 5.41) is 3.92. The van der Waals surface area contributed by atoms with Crippen LogP contribution in [-0.4, -0.2) is 57.2 Å². The smallest absolute Gasteiger partial charge is 0.188 e. The van der Waals surface area contributed by atoms with Gasteiger partial charge < -0.3 is 16.0 Å². The molecular formula is C15H25ClIN5. The lowest BCUT2D eigenvalue weighted by atomic mass is 10.2. The number of hydrogen-bond donors (Lipinski definition) is 2. The molecule has 1 aliphatic rings. The van der Waals surface area contributed by atoms with E-state index >= 15 is 0 Å². The number of rotatable bonds is 5. The SMILES string of the molecule is CN=C(N)NCCCN1CCN(c2ccccc2Cl)CC1.I. The van der Waals surface area contributed by atoms with Crippen molar-refractivity contribution in [3.05, 3.63) is 29.3 Å². The molecule has 1 aromatic carbocycles. The molecule has 0 amide bonds. The molecule has 5 nitrogen and oxygen atoms in total. The molecule has 22 heavy (non-hydrogen) atoms. The van der Waals surface area contributed by atoms with Crippen molar-refractivity contribution in [2.24, 2.45) is 10.7 Å². The van der Waals surface area contributed by atoms with Crippen LogP contribution >= 0.6 is 35.6 Å². The van der Waals surface area contributed by atoms with Gasteiger partial charge in [0.05, 0.1) is 10.7 Å². The van der Waals surface area contributed by atoms with Gasteiger partial charge in [-0.1, -0.05) is 23.7 Å². The first-order chi connectivity index (χ1) is 10.2. The topological polar surface area (TPSA) is 56.9 Å². The van der Waals surface area contributed by atoms with E-state index in [0.717, 1.165) is 56.4 Å². The van der Waals surface area contributed by atoms with Gasteiger partial charge in [0, 0.05) is 39.8 Å². The fourth-order valence-electron chi connectivity index (χ4n) is 2.52. The highest BCUT2D eigenvalue weighted by atomic mass is 127. The zero-order valence-corrected chi connectivity index (χ0v) is 16.1. The van der Waals surface area contributed by atoms with Crippen molar-refractivity contribution in [2.75, 3.05) is 51.2 Å². The molecule has 0 aliphatic carbocycles. The lowest BCUT2D eigenvalue weighted by Gasteiger charge is -2.36. The number of hydrogen-bond acceptors (Lipinski definition) is 3. The van der Waals surface area contributed by atoms with Gasteiger partial charge in [-0.25, -0.2) is 0 Å². The zero-order valence-electron chi connectivity index (χ0n) is 13.0. The predicted molar refractivity (Wildman–Crippen MR) is 106 cm³/mol. The first-order valence-corrected chi connectivity index (χ1v) is 7.76. The minimum atomic E-state index is 0. The van der Waals surface area contributed by atoms with Crippen LogP contribution in [0.1, 0.15) is 6.42 Å². The van der Waals surface area contributed by atoms with E-state index in [1.165, 1.54) is 0 Å². The Balaban J connectivity index is 0.00000242. The van der Waals surface area contributed by atoms with E-state index in [1.54, 1.807) is 7.05 Å². The molecule has 124 valence electrons. The molecule has 1 aromatic rings. The maximum Gasteiger partial charge on any atom is 0.188 e. The van der Waals surface area contributed by atoms with E-state index < -0.39 is 0 Å². The van der Waals surface area contributed by atoms with Crippen molar-refractivity contribution in [2.45, 2.75) is 6.42 Å². The summed E-state index contributed by atoms with van der Waals surface area (Å²) in [5.41, 5.74) is 6.74. The Labute approximate surface area is 154 Å². The second-order valence-electron chi connectivity index (χ2n) is 5.17. The molecule has 0 bridgehead atoms. The first-order valence-electron chi connectivity index (χ1n) is 7.38. The van der Waals surface area contributed by atoms with Crippen molar-refractivity contribution in [3.63, 3.8) is 0 Å². The van der Waals surface area contributed by atoms with Crippen LogP contribution in [-0.2, 0) is 0 Å². The van der Waals surface area contributed by atoms with Crippen molar-refractivity contribution < 1.29 is 0 Å². The van der Waals surface area contributed by atoms with E-state index in [2.05, 4.69) is 26.2 Å². The molecule has 7 heteroatoms. The van der Waals surface area contributed by atoms with Crippen LogP contribution in [0.3, 0.4) is 0 Å². The minimum absolute atomic E-state index is 0. The van der Waals surface area contributed by atoms with Crippen LogP contribution < -0.4 is 16.0 Å². The van der Waals surface area contributed by atoms with Crippen LogP contribution in [0.2, 0.25) is 5.02 Å². The fraction of sp³-hybridized carbons (Fsp3) is 0.533. The summed E-state index contributed by atoms with van der Waals surface area (Å²) in [5.74, 6) is 0.513. The molecule has 3 N–H and O–H groups in total. The van der Waals surface area contributed by atoms with E-state index in [4.69, 9.17) is 17.3 Å². The molecule has 0 aromatic heterocycles. The third-order valence-electron chi connectivity index (χ3n) is 3.76. The predicted octanol–water partition coefficient (Wildman–Crippen LogP) is 2.00. The molecule has 2 rings (SSSR count). The summed E-state index contributed by atoms with van der Waals surface area (Å²) < 4.78 is 0. The van der Waals surface area contributed by atoms with E-state index in [1.807, 2.05) is 18.2 Å². The summed E-state index contributed by atoms with van der Waals surface area (Å²) in [7, 11) is 1.69. The quantitative estimate of drug-likeness (QED) is 0.320. The van der Waals surface area contributed by atoms with E-state index in [-0.39, 0.29) is 24.0 Å². The molecule has 1 aliphatic heterocycles. The Morgan fingerprint density at radius 3 is 2.59 bits per heavy atom. The molecular weight excluding hydrogens is 413 g/mol. The van der Waals surface area contributed by atoms with Crippen molar-refractivity contribution in [1.29, 1.82) is 0 Å². The average Bonchev–Trinajstić information content (AvgIpc) is 2.52. The number of halogens is 2. The highest BCUT2D eigenvalue weighted by molar-refractivity contribution is 14.0. The molecule has 0 atom stereocenters. The molecule has 0 radical (unpaired) electrons. The minimum Gasteiger partial charge on any atom is -0.370 e. The largest absolute Gasteiger partial charge is 0.370 e. The van der Waals surface area contributed by atoms with Gasteiger partial charge in [0.2, 0.25) is 0 Å². The summed E-state index contributed by atoms with van der Waals surface area (Å²) in [6.45, 7) is 6.14. The first kappa shape index (κ1) is 19.3. The molecule has 0 unspecified atom stereocenters. The summed E-state index contributed by atoms with van der Waals surface area (Å²) >= 11 is 6.25. The molecule has 1 fully saturated rings. The van der Waals surface area contributed by atoms with Gasteiger partial charge in [0.1, 0.15) is 0 Å². The molecule has 1 saturated heterocycles. The second kappa shape index (κ2) is 10.1. The van der Waals surface area contributed by atoms with Gasteiger partial charge in [-0.3, -0.25) is 9.89 Å². The van der Waals surface area contributed by atoms with Gasteiger partial charge in [-0.15, -0.1) is 24.0 Å². The van der Waals surface area contributed by atoms with Crippen LogP contribution in [0.5, 0.6) is 0 Å². The van der Waals surface area contributed by atoms with Gasteiger partial charge in [-0.2, -0.15) is 0 Å². The van der Waals surface area contributed by atoms with Gasteiger partial charge in [0.25, 0.3) is 0 Å². The standard InChI is InChI=1S/C15H24ClN5.HI/c1-18-15(17)19-7-4-8-20-9-11-21(12-10-20)14-6-3-2-5-13(14)16;/h2-3,5-6H,4,7-12H2,1H3,(H3,17,18,19);1H. The van der Waals surface area contributed by atoms with Crippen LogP contribution in [0.4, 0.5) is 5.69 Å². The van der Waals surface area contributed by atoms with Crippen molar-refractivity contribution in [3.8, 4) is 0 Å². The number of nitrogens with one attached hydrogen (secondary N) is 1. The number of benzene rings is 1. The fourth-order valence-corrected chi connectivity index (χ4v) is 2.77. The monoisotopic (exact) mass is 437 g/mol. The summed E-state index contributed by atoms with van der Waals surface area (Å²) in [6, 6.07) is 8.06. The van der Waals surface area contributed by atoms with Crippen LogP contribution in [0.15, 0.2) is 29.3 Å². The van der Waals surface area contributed by atoms with Gasteiger partial charge in [-0.05, 0) is 25.1 Å². The normalized spacial score (nSPS) is 16.3. The van der Waals surface area contributed by atoms with Crippen molar-refractivity contribution in [1.82, 2.24) is 10.2 Å². The van der Waals surface area contributed by atoms with Gasteiger partial charge in [0.15, 0.2) is 5.96 Å². The Morgan fingerprint density at radius 2 is 1.95 bits per heavy atom. The molecule has 0 spiro atoms. The van der Waals surface area contributed by atoms with E-state index in [9.17, 15) is 0 Å². The number of anilines is 1. The highest BCUT2D eigenvalue weighted by Crippen LogP contribution is 2.25. The average molecular weight is 438 g/mol. The summed E-state index contributed by atoms with van der Waals surface area (Å²) in [6.07, 6.45) is 1.07. The maximum atomic E-state index is 6.25. The number of para-hydroxylation sites is 1. The summed E-state index contributed by atoms with van der Waals surface area (Å²) in [4.78, 5) is 8.72.